The standard InChI is InChI=1S/C14H21N5OS/c1-4-9-10(5-2)16-17-14(12(9)13(15)21)19-7-6-18(3)11(20)8-19/h4-8H2,1-3H3,(H2,15,21). The number of likely N-dealkylation sites (N-methyl/N-ethyl adjacent to an activating group) is 1. The van der Waals surface area contributed by atoms with Gasteiger partial charge in [0.05, 0.1) is 17.8 Å². The molecule has 0 atom stereocenters. The molecule has 0 radical (unpaired) electrons. The van der Waals surface area contributed by atoms with Crippen LogP contribution in [-0.4, -0.2) is 52.7 Å². The van der Waals surface area contributed by atoms with E-state index < -0.39 is 0 Å². The minimum absolute atomic E-state index is 0.0644. The van der Waals surface area contributed by atoms with Crippen molar-refractivity contribution in [1.29, 1.82) is 0 Å². The zero-order valence-corrected chi connectivity index (χ0v) is 13.5. The number of amides is 1. The summed E-state index contributed by atoms with van der Waals surface area (Å²) < 4.78 is 0. The Morgan fingerprint density at radius 1 is 1.29 bits per heavy atom. The summed E-state index contributed by atoms with van der Waals surface area (Å²) in [6.45, 7) is 5.74. The van der Waals surface area contributed by atoms with E-state index in [0.29, 0.717) is 23.9 Å². The zero-order chi connectivity index (χ0) is 15.6. The molecule has 1 fully saturated rings. The van der Waals surface area contributed by atoms with E-state index in [0.717, 1.165) is 29.7 Å². The summed E-state index contributed by atoms with van der Waals surface area (Å²) in [4.78, 5) is 15.9. The summed E-state index contributed by atoms with van der Waals surface area (Å²) in [5.41, 5.74) is 8.66. The third-order valence-electron chi connectivity index (χ3n) is 3.83. The topological polar surface area (TPSA) is 75.4 Å². The number of piperazine rings is 1. The molecule has 114 valence electrons. The molecule has 2 rings (SSSR count). The molecule has 1 saturated heterocycles. The average Bonchev–Trinajstić information content (AvgIpc) is 2.48. The number of nitrogens with zero attached hydrogens (tertiary/aromatic N) is 4. The number of anilines is 1. The SMILES string of the molecule is CCc1nnc(N2CCN(C)C(=O)C2)c(C(N)=S)c1CC. The third kappa shape index (κ3) is 2.97. The zero-order valence-electron chi connectivity index (χ0n) is 12.7. The molecule has 1 aromatic rings. The Morgan fingerprint density at radius 2 is 2.00 bits per heavy atom. The maximum Gasteiger partial charge on any atom is 0.241 e. The van der Waals surface area contributed by atoms with Gasteiger partial charge in [-0.05, 0) is 18.4 Å². The van der Waals surface area contributed by atoms with Crippen molar-refractivity contribution in [3.63, 3.8) is 0 Å². The third-order valence-corrected chi connectivity index (χ3v) is 4.03. The highest BCUT2D eigenvalue weighted by atomic mass is 32.1. The summed E-state index contributed by atoms with van der Waals surface area (Å²) >= 11 is 5.22. The lowest BCUT2D eigenvalue weighted by atomic mass is 10.0. The van der Waals surface area contributed by atoms with Crippen molar-refractivity contribution < 1.29 is 4.79 Å². The van der Waals surface area contributed by atoms with E-state index in [-0.39, 0.29) is 12.5 Å². The van der Waals surface area contributed by atoms with Crippen molar-refractivity contribution in [3.8, 4) is 0 Å². The fraction of sp³-hybridized carbons (Fsp3) is 0.571. The normalized spacial score (nSPS) is 15.5. The molecule has 0 aliphatic carbocycles. The van der Waals surface area contributed by atoms with Crippen LogP contribution < -0.4 is 10.6 Å². The Morgan fingerprint density at radius 3 is 2.52 bits per heavy atom. The average molecular weight is 307 g/mol. The van der Waals surface area contributed by atoms with Gasteiger partial charge in [-0.25, -0.2) is 0 Å². The molecular weight excluding hydrogens is 286 g/mol. The van der Waals surface area contributed by atoms with Crippen LogP contribution in [0.25, 0.3) is 0 Å². The van der Waals surface area contributed by atoms with Gasteiger partial charge in [-0.15, -0.1) is 5.10 Å². The van der Waals surface area contributed by atoms with E-state index in [1.807, 2.05) is 11.8 Å². The highest BCUT2D eigenvalue weighted by molar-refractivity contribution is 7.80. The fourth-order valence-corrected chi connectivity index (χ4v) is 2.80. The van der Waals surface area contributed by atoms with E-state index in [1.54, 1.807) is 11.9 Å². The molecule has 7 heteroatoms. The van der Waals surface area contributed by atoms with Crippen LogP contribution in [0.2, 0.25) is 0 Å². The lowest BCUT2D eigenvalue weighted by Gasteiger charge is -2.33. The summed E-state index contributed by atoms with van der Waals surface area (Å²) in [5.74, 6) is 0.701. The van der Waals surface area contributed by atoms with E-state index in [2.05, 4.69) is 17.1 Å². The Balaban J connectivity index is 2.48. The number of hydrogen-bond acceptors (Lipinski definition) is 5. The minimum atomic E-state index is 0.0644. The number of aromatic nitrogens is 2. The fourth-order valence-electron chi connectivity index (χ4n) is 2.58. The maximum atomic E-state index is 11.9. The van der Waals surface area contributed by atoms with E-state index in [9.17, 15) is 4.79 Å². The van der Waals surface area contributed by atoms with Gasteiger partial charge in [0.1, 0.15) is 4.99 Å². The molecule has 2 heterocycles. The predicted octanol–water partition coefficient (Wildman–Crippen LogP) is 0.514. The highest BCUT2D eigenvalue weighted by Gasteiger charge is 2.27. The van der Waals surface area contributed by atoms with Gasteiger partial charge in [-0.1, -0.05) is 26.1 Å². The van der Waals surface area contributed by atoms with Crippen LogP contribution in [0.5, 0.6) is 0 Å². The van der Waals surface area contributed by atoms with Gasteiger partial charge in [0.25, 0.3) is 0 Å². The Bertz CT molecular complexity index is 575. The van der Waals surface area contributed by atoms with Gasteiger partial charge >= 0.3 is 0 Å². The lowest BCUT2D eigenvalue weighted by molar-refractivity contribution is -0.129. The molecule has 0 spiro atoms. The molecular formula is C14H21N5OS. The van der Waals surface area contributed by atoms with Crippen LogP contribution in [0, 0.1) is 0 Å². The molecule has 1 aromatic heterocycles. The molecule has 0 saturated carbocycles. The smallest absolute Gasteiger partial charge is 0.241 e. The van der Waals surface area contributed by atoms with Crippen molar-refractivity contribution in [2.75, 3.05) is 31.6 Å². The first-order valence-electron chi connectivity index (χ1n) is 7.16. The summed E-state index contributed by atoms with van der Waals surface area (Å²) in [6.07, 6.45) is 1.58. The molecule has 0 bridgehead atoms. The number of aryl methyl sites for hydroxylation is 1. The Labute approximate surface area is 130 Å². The first-order chi connectivity index (χ1) is 9.99. The molecule has 21 heavy (non-hydrogen) atoms. The predicted molar refractivity (Wildman–Crippen MR) is 86.5 cm³/mol. The van der Waals surface area contributed by atoms with Crippen molar-refractivity contribution in [3.05, 3.63) is 16.8 Å². The Kier molecular flexibility index (Phi) is 4.72. The monoisotopic (exact) mass is 307 g/mol. The second-order valence-electron chi connectivity index (χ2n) is 5.13. The number of rotatable bonds is 4. The van der Waals surface area contributed by atoms with Crippen molar-refractivity contribution in [2.24, 2.45) is 5.73 Å². The van der Waals surface area contributed by atoms with Crippen molar-refractivity contribution in [1.82, 2.24) is 15.1 Å². The number of carbonyl (C=O) groups excluding carboxylic acids is 1. The second-order valence-corrected chi connectivity index (χ2v) is 5.57. The van der Waals surface area contributed by atoms with Gasteiger partial charge in [0.15, 0.2) is 5.82 Å². The first kappa shape index (κ1) is 15.6. The van der Waals surface area contributed by atoms with Crippen LogP contribution in [-0.2, 0) is 17.6 Å². The largest absolute Gasteiger partial charge is 0.389 e. The van der Waals surface area contributed by atoms with Gasteiger partial charge in [0, 0.05) is 20.1 Å². The quantitative estimate of drug-likeness (QED) is 0.817. The van der Waals surface area contributed by atoms with Gasteiger partial charge in [0.2, 0.25) is 5.91 Å². The number of hydrogen-bond donors (Lipinski definition) is 1. The maximum absolute atomic E-state index is 11.9. The summed E-state index contributed by atoms with van der Waals surface area (Å²) in [7, 11) is 1.80. The highest BCUT2D eigenvalue weighted by Crippen LogP contribution is 2.25. The molecule has 2 N–H and O–H groups in total. The number of carbonyl (C=O) groups is 1. The first-order valence-corrected chi connectivity index (χ1v) is 7.57. The van der Waals surface area contributed by atoms with Gasteiger partial charge in [-0.3, -0.25) is 4.79 Å². The van der Waals surface area contributed by atoms with Crippen LogP contribution in [0.1, 0.15) is 30.7 Å². The van der Waals surface area contributed by atoms with Crippen LogP contribution in [0.4, 0.5) is 5.82 Å². The summed E-state index contributed by atoms with van der Waals surface area (Å²) in [6, 6.07) is 0. The van der Waals surface area contributed by atoms with Gasteiger partial charge < -0.3 is 15.5 Å². The van der Waals surface area contributed by atoms with Crippen LogP contribution >= 0.6 is 12.2 Å². The second kappa shape index (κ2) is 6.34. The molecule has 6 nitrogen and oxygen atoms in total. The molecule has 0 unspecified atom stereocenters. The molecule has 1 aliphatic heterocycles. The minimum Gasteiger partial charge on any atom is -0.389 e. The van der Waals surface area contributed by atoms with E-state index in [1.165, 1.54) is 0 Å². The van der Waals surface area contributed by atoms with Crippen LogP contribution in [0.15, 0.2) is 0 Å². The van der Waals surface area contributed by atoms with Gasteiger partial charge in [-0.2, -0.15) is 5.10 Å². The molecule has 1 amide bonds. The van der Waals surface area contributed by atoms with Crippen molar-refractivity contribution in [2.45, 2.75) is 26.7 Å². The van der Waals surface area contributed by atoms with Crippen LogP contribution in [0.3, 0.4) is 0 Å². The van der Waals surface area contributed by atoms with Crippen molar-refractivity contribution >= 4 is 28.9 Å². The molecule has 1 aliphatic rings. The number of thiocarbonyl (C=S) groups is 1. The lowest BCUT2D eigenvalue weighted by Crippen LogP contribution is -2.49. The van der Waals surface area contributed by atoms with E-state index >= 15 is 0 Å². The molecule has 0 aromatic carbocycles. The summed E-state index contributed by atoms with van der Waals surface area (Å²) in [5, 5.41) is 8.60. The Hall–Kier alpha value is -1.76. The number of nitrogens with two attached hydrogens (primary N) is 1. The van der Waals surface area contributed by atoms with E-state index in [4.69, 9.17) is 18.0 Å².